The van der Waals surface area contributed by atoms with Crippen molar-refractivity contribution in [1.82, 2.24) is 0 Å². The first-order valence-electron chi connectivity index (χ1n) is 5.13. The molecule has 4 heteroatoms. The number of carbonyl (C=O) groups is 1. The molecule has 0 N–H and O–H groups in total. The molecule has 0 amide bonds. The van der Waals surface area contributed by atoms with Gasteiger partial charge in [0.25, 0.3) is 0 Å². The molecule has 0 aromatic heterocycles. The zero-order valence-electron chi connectivity index (χ0n) is 9.88. The van der Waals surface area contributed by atoms with Gasteiger partial charge in [-0.2, -0.15) is 0 Å². The Kier molecular flexibility index (Phi) is 4.08. The highest BCUT2D eigenvalue weighted by Crippen LogP contribution is 2.60. The fourth-order valence-corrected chi connectivity index (χ4v) is 2.10. The molecule has 1 saturated carbocycles. The summed E-state index contributed by atoms with van der Waals surface area (Å²) < 4.78 is 4.90. The van der Waals surface area contributed by atoms with Gasteiger partial charge >= 0.3 is 5.97 Å². The molecule has 2 nitrogen and oxygen atoms in total. The van der Waals surface area contributed by atoms with E-state index < -0.39 is 0 Å². The molecule has 90 valence electrons. The van der Waals surface area contributed by atoms with Crippen LogP contribution in [0.4, 0.5) is 0 Å². The Balaban J connectivity index is 2.70. The summed E-state index contributed by atoms with van der Waals surface area (Å²) in [7, 11) is 0. The molecule has 1 aliphatic rings. The number of esters is 1. The van der Waals surface area contributed by atoms with Crippen molar-refractivity contribution >= 4 is 29.2 Å². The van der Waals surface area contributed by atoms with Crippen LogP contribution in [-0.2, 0) is 9.53 Å². The van der Waals surface area contributed by atoms with Crippen LogP contribution in [0.15, 0.2) is 22.4 Å². The maximum atomic E-state index is 11.7. The Morgan fingerprint density at radius 1 is 1.38 bits per heavy atom. The molecule has 0 aromatic rings. The summed E-state index contributed by atoms with van der Waals surface area (Å²) >= 11 is 10.9. The molecule has 1 aliphatic carbocycles. The number of carbonyl (C=O) groups excluding carboxylic acids is 1. The number of ether oxygens (including phenoxy) is 1. The van der Waals surface area contributed by atoms with Gasteiger partial charge in [0.05, 0.1) is 11.5 Å². The molecule has 0 radical (unpaired) electrons. The molecule has 0 heterocycles. The van der Waals surface area contributed by atoms with Crippen molar-refractivity contribution in [2.75, 3.05) is 0 Å². The van der Waals surface area contributed by atoms with Crippen LogP contribution in [0.25, 0.3) is 0 Å². The lowest BCUT2D eigenvalue weighted by atomic mass is 10.1. The van der Waals surface area contributed by atoms with Crippen LogP contribution in [0.1, 0.15) is 27.7 Å². The van der Waals surface area contributed by atoms with Crippen molar-refractivity contribution in [1.29, 1.82) is 0 Å². The highest BCUT2D eigenvalue weighted by molar-refractivity contribution is 6.35. The molecule has 0 aliphatic heterocycles. The van der Waals surface area contributed by atoms with E-state index in [1.54, 1.807) is 0 Å². The second kappa shape index (κ2) is 4.80. The average Bonchev–Trinajstić information content (AvgIpc) is 2.66. The lowest BCUT2D eigenvalue weighted by Gasteiger charge is -2.02. The molecule has 1 fully saturated rings. The minimum atomic E-state index is -0.311. The first-order chi connectivity index (χ1) is 7.30. The van der Waals surface area contributed by atoms with E-state index in [0.717, 1.165) is 5.54 Å². The van der Waals surface area contributed by atoms with Crippen LogP contribution in [0.5, 0.6) is 0 Å². The van der Waals surface area contributed by atoms with E-state index in [4.69, 9.17) is 27.9 Å². The molecule has 1 rings (SSSR count). The van der Waals surface area contributed by atoms with Gasteiger partial charge in [0.15, 0.2) is 0 Å². The molecule has 0 spiro atoms. The summed E-state index contributed by atoms with van der Waals surface area (Å²) in [6.45, 7) is 8.12. The largest absolute Gasteiger partial charge is 0.413 e. The van der Waals surface area contributed by atoms with Gasteiger partial charge in [0.1, 0.15) is 0 Å². The van der Waals surface area contributed by atoms with Crippen LogP contribution < -0.4 is 0 Å². The molecule has 0 aromatic carbocycles. The monoisotopic (exact) mass is 262 g/mol. The summed E-state index contributed by atoms with van der Waals surface area (Å²) in [6.07, 6.45) is 2.10. The van der Waals surface area contributed by atoms with Crippen LogP contribution in [0, 0.1) is 17.3 Å². The van der Waals surface area contributed by atoms with Crippen LogP contribution in [0.2, 0.25) is 0 Å². The van der Waals surface area contributed by atoms with Gasteiger partial charge < -0.3 is 4.74 Å². The second-order valence-electron chi connectivity index (χ2n) is 4.90. The molecular weight excluding hydrogens is 247 g/mol. The van der Waals surface area contributed by atoms with Gasteiger partial charge in [-0.25, -0.2) is 0 Å². The van der Waals surface area contributed by atoms with Gasteiger partial charge in [-0.1, -0.05) is 37.1 Å². The SMILES string of the molecule is CC(C)=CC1C(C(=O)OC(Cl)=CCl)C1(C)C. The van der Waals surface area contributed by atoms with Crippen molar-refractivity contribution in [3.05, 3.63) is 22.4 Å². The number of allylic oxidation sites excluding steroid dienone is 2. The Morgan fingerprint density at radius 3 is 2.38 bits per heavy atom. The Bertz CT molecular complexity index is 352. The van der Waals surface area contributed by atoms with E-state index in [1.165, 1.54) is 5.57 Å². The second-order valence-corrected chi connectivity index (χ2v) is 5.49. The van der Waals surface area contributed by atoms with Crippen molar-refractivity contribution in [2.45, 2.75) is 27.7 Å². The lowest BCUT2D eigenvalue weighted by Crippen LogP contribution is -2.08. The lowest BCUT2D eigenvalue weighted by molar-refractivity contribution is -0.141. The molecule has 2 atom stereocenters. The Labute approximate surface area is 106 Å². The van der Waals surface area contributed by atoms with Gasteiger partial charge in [0, 0.05) is 0 Å². The molecular formula is C12H16Cl2O2. The Hall–Kier alpha value is -0.470. The molecule has 0 bridgehead atoms. The minimum Gasteiger partial charge on any atom is -0.413 e. The highest BCUT2D eigenvalue weighted by Gasteiger charge is 2.61. The van der Waals surface area contributed by atoms with Gasteiger partial charge in [-0.15, -0.1) is 0 Å². The third-order valence-corrected chi connectivity index (χ3v) is 3.46. The summed E-state index contributed by atoms with van der Waals surface area (Å²) in [5.41, 5.74) is 2.19. The zero-order chi connectivity index (χ0) is 12.5. The number of hydrogen-bond donors (Lipinski definition) is 0. The van der Waals surface area contributed by atoms with Crippen LogP contribution in [-0.4, -0.2) is 5.97 Å². The summed E-state index contributed by atoms with van der Waals surface area (Å²) in [6, 6.07) is 0. The third-order valence-electron chi connectivity index (χ3n) is 2.96. The van der Waals surface area contributed by atoms with Crippen molar-refractivity contribution < 1.29 is 9.53 Å². The zero-order valence-corrected chi connectivity index (χ0v) is 11.4. The molecule has 16 heavy (non-hydrogen) atoms. The maximum Gasteiger partial charge on any atom is 0.316 e. The maximum absolute atomic E-state index is 11.7. The van der Waals surface area contributed by atoms with E-state index in [0.29, 0.717) is 0 Å². The average molecular weight is 263 g/mol. The quantitative estimate of drug-likeness (QED) is 0.436. The number of halogens is 2. The van der Waals surface area contributed by atoms with E-state index >= 15 is 0 Å². The number of hydrogen-bond acceptors (Lipinski definition) is 2. The summed E-state index contributed by atoms with van der Waals surface area (Å²) in [5, 5.41) is -0.0784. The highest BCUT2D eigenvalue weighted by atomic mass is 35.5. The van der Waals surface area contributed by atoms with Crippen molar-refractivity contribution in [3.8, 4) is 0 Å². The van der Waals surface area contributed by atoms with Gasteiger partial charge in [-0.05, 0) is 36.8 Å². The Morgan fingerprint density at radius 2 is 1.94 bits per heavy atom. The van der Waals surface area contributed by atoms with Crippen molar-refractivity contribution in [2.24, 2.45) is 17.3 Å². The van der Waals surface area contributed by atoms with Crippen LogP contribution in [0.3, 0.4) is 0 Å². The summed E-state index contributed by atoms with van der Waals surface area (Å²) in [4.78, 5) is 11.7. The first kappa shape index (κ1) is 13.6. The summed E-state index contributed by atoms with van der Waals surface area (Å²) in [5.74, 6) is -0.216. The molecule has 2 unspecified atom stereocenters. The van der Waals surface area contributed by atoms with Crippen molar-refractivity contribution in [3.63, 3.8) is 0 Å². The predicted octanol–water partition coefficient (Wildman–Crippen LogP) is 4.04. The fraction of sp³-hybridized carbons (Fsp3) is 0.583. The van der Waals surface area contributed by atoms with Crippen LogP contribution >= 0.6 is 23.2 Å². The minimum absolute atomic E-state index is 0.0577. The van der Waals surface area contributed by atoms with E-state index in [1.807, 2.05) is 27.7 Å². The standard InChI is InChI=1S/C12H16Cl2O2/c1-7(2)5-8-10(12(8,3)4)11(15)16-9(14)6-13/h5-6,8,10H,1-4H3. The topological polar surface area (TPSA) is 26.3 Å². The normalized spacial score (nSPS) is 27.2. The smallest absolute Gasteiger partial charge is 0.316 e. The number of rotatable bonds is 3. The van der Waals surface area contributed by atoms with Gasteiger partial charge in [0.2, 0.25) is 5.22 Å². The first-order valence-corrected chi connectivity index (χ1v) is 5.94. The fourth-order valence-electron chi connectivity index (χ4n) is 1.98. The third kappa shape index (κ3) is 2.80. The van der Waals surface area contributed by atoms with E-state index in [-0.39, 0.29) is 28.4 Å². The molecule has 0 saturated heterocycles. The van der Waals surface area contributed by atoms with Gasteiger partial charge in [-0.3, -0.25) is 4.79 Å². The van der Waals surface area contributed by atoms with E-state index in [9.17, 15) is 4.79 Å². The van der Waals surface area contributed by atoms with E-state index in [2.05, 4.69) is 6.08 Å². The predicted molar refractivity (Wildman–Crippen MR) is 66.1 cm³/mol.